The van der Waals surface area contributed by atoms with Gasteiger partial charge in [-0.2, -0.15) is 0 Å². The monoisotopic (exact) mass is 726 g/mol. The molecule has 4 aliphatic rings. The summed E-state index contributed by atoms with van der Waals surface area (Å²) >= 11 is 0. The molecule has 2 aliphatic carbocycles. The van der Waals surface area contributed by atoms with E-state index < -0.39 is 15.8 Å². The second kappa shape index (κ2) is 13.3. The summed E-state index contributed by atoms with van der Waals surface area (Å²) in [4.78, 5) is 0. The van der Waals surface area contributed by atoms with Crippen LogP contribution in [0.15, 0.2) is 146 Å². The molecule has 2 heterocycles. The maximum absolute atomic E-state index is 2.51. The Morgan fingerprint density at radius 2 is 0.722 bits per heavy atom. The standard InChI is InChI=1S/C52H40P2/c1-3-13-35-23-27-39-31-53(33-41-29-25-37-15-7-9-19-45(37)51(41)49(39)43(35)17-5-1)47-21-11-12-22-48(47)54-32-40-28-24-36-14-4-2-6-18-44(36)50(40)52-42(34-54)30-26-38-16-8-10-20-46(38)52/h3-30H,1-2,31-34H2. The normalized spacial score (nSPS) is 18.0. The first-order chi connectivity index (χ1) is 26.8. The van der Waals surface area contributed by atoms with Gasteiger partial charge in [-0.25, -0.2) is 0 Å². The van der Waals surface area contributed by atoms with E-state index in [-0.39, 0.29) is 0 Å². The number of rotatable bonds is 2. The molecule has 0 saturated heterocycles. The van der Waals surface area contributed by atoms with Gasteiger partial charge in [-0.3, -0.25) is 0 Å². The minimum atomic E-state index is -0.517. The maximum atomic E-state index is 2.51. The molecule has 7 aromatic rings. The summed E-state index contributed by atoms with van der Waals surface area (Å²) in [5.41, 5.74) is 17.3. The van der Waals surface area contributed by atoms with Crippen LogP contribution in [0.2, 0.25) is 0 Å². The molecule has 0 amide bonds. The molecule has 258 valence electrons. The Morgan fingerprint density at radius 1 is 0.333 bits per heavy atom. The van der Waals surface area contributed by atoms with Gasteiger partial charge >= 0.3 is 0 Å². The summed E-state index contributed by atoms with van der Waals surface area (Å²) in [5, 5.41) is 8.64. The van der Waals surface area contributed by atoms with E-state index in [1.807, 2.05) is 0 Å². The Bertz CT molecular complexity index is 2600. The third kappa shape index (κ3) is 5.34. The summed E-state index contributed by atoms with van der Waals surface area (Å²) in [6, 6.07) is 47.1. The molecule has 0 radical (unpaired) electrons. The van der Waals surface area contributed by atoms with Crippen molar-refractivity contribution in [3.8, 4) is 22.3 Å². The lowest BCUT2D eigenvalue weighted by Gasteiger charge is -2.26. The minimum absolute atomic E-state index is 0.517. The van der Waals surface area contributed by atoms with Crippen molar-refractivity contribution in [3.63, 3.8) is 0 Å². The van der Waals surface area contributed by atoms with Crippen molar-refractivity contribution in [2.75, 3.05) is 0 Å². The molecule has 11 rings (SSSR count). The van der Waals surface area contributed by atoms with Crippen LogP contribution >= 0.6 is 15.8 Å². The average molecular weight is 727 g/mol. The lowest BCUT2D eigenvalue weighted by molar-refractivity contribution is 1.38. The van der Waals surface area contributed by atoms with E-state index in [0.717, 1.165) is 37.5 Å². The van der Waals surface area contributed by atoms with Gasteiger partial charge in [0.05, 0.1) is 0 Å². The first-order valence-electron chi connectivity index (χ1n) is 19.4. The summed E-state index contributed by atoms with van der Waals surface area (Å²) in [6.07, 6.45) is 25.1. The smallest absolute Gasteiger partial charge is 0.00232 e. The minimum Gasteiger partial charge on any atom is -0.0801 e. The van der Waals surface area contributed by atoms with Crippen molar-refractivity contribution in [2.45, 2.75) is 37.5 Å². The summed E-state index contributed by atoms with van der Waals surface area (Å²) < 4.78 is 0. The Balaban J connectivity index is 1.10. The number of fused-ring (bicyclic) bond motifs is 14. The Morgan fingerprint density at radius 3 is 1.20 bits per heavy atom. The molecule has 2 unspecified atom stereocenters. The highest BCUT2D eigenvalue weighted by atomic mass is 31.1. The largest absolute Gasteiger partial charge is 0.0801 e. The Kier molecular flexibility index (Phi) is 7.97. The van der Waals surface area contributed by atoms with Crippen molar-refractivity contribution in [1.82, 2.24) is 0 Å². The highest BCUT2D eigenvalue weighted by Crippen LogP contribution is 2.56. The van der Waals surface area contributed by atoms with Gasteiger partial charge < -0.3 is 0 Å². The zero-order chi connectivity index (χ0) is 35.6. The van der Waals surface area contributed by atoms with Crippen molar-refractivity contribution in [3.05, 3.63) is 190 Å². The summed E-state index contributed by atoms with van der Waals surface area (Å²) in [6.45, 7) is 0. The van der Waals surface area contributed by atoms with Gasteiger partial charge in [-0.15, -0.1) is 0 Å². The van der Waals surface area contributed by atoms with E-state index >= 15 is 0 Å². The van der Waals surface area contributed by atoms with Crippen molar-refractivity contribution in [2.24, 2.45) is 0 Å². The van der Waals surface area contributed by atoms with Crippen LogP contribution < -0.4 is 10.6 Å². The quantitative estimate of drug-likeness (QED) is 0.156. The molecule has 0 nitrogen and oxygen atoms in total. The molecule has 54 heavy (non-hydrogen) atoms. The van der Waals surface area contributed by atoms with Crippen molar-refractivity contribution in [1.29, 1.82) is 0 Å². The third-order valence-corrected chi connectivity index (χ3v) is 17.2. The molecule has 7 aromatic carbocycles. The number of allylic oxidation sites excluding steroid dienone is 4. The third-order valence-electron chi connectivity index (χ3n) is 12.0. The maximum Gasteiger partial charge on any atom is -0.00232 e. The van der Waals surface area contributed by atoms with Gasteiger partial charge in [0.1, 0.15) is 0 Å². The predicted molar refractivity (Wildman–Crippen MR) is 239 cm³/mol. The fraction of sp³-hybridized carbons (Fsp3) is 0.115. The second-order valence-corrected chi connectivity index (χ2v) is 19.5. The van der Waals surface area contributed by atoms with Crippen LogP contribution in [0.5, 0.6) is 0 Å². The Hall–Kier alpha value is -5.12. The van der Waals surface area contributed by atoms with E-state index in [1.165, 1.54) is 88.3 Å². The topological polar surface area (TPSA) is 0 Å². The van der Waals surface area contributed by atoms with Crippen LogP contribution in [0, 0.1) is 0 Å². The zero-order valence-electron chi connectivity index (χ0n) is 30.3. The summed E-state index contributed by atoms with van der Waals surface area (Å²) in [5.74, 6) is 0. The number of benzene rings is 7. The highest BCUT2D eigenvalue weighted by Gasteiger charge is 2.31. The average Bonchev–Trinajstić information content (AvgIpc) is 3.74. The highest BCUT2D eigenvalue weighted by molar-refractivity contribution is 7.70. The van der Waals surface area contributed by atoms with E-state index in [0.29, 0.717) is 0 Å². The van der Waals surface area contributed by atoms with Crippen molar-refractivity contribution < 1.29 is 0 Å². The molecular weight excluding hydrogens is 687 g/mol. The molecule has 2 atom stereocenters. The SMILES string of the molecule is C1=Cc2ccc3c(c2C=CC1)-c1c(ccc2ccccc12)CP(c1ccccc1P1Cc2ccc4c(c2-c2c(ccc5ccccc25)C1)C=CCC=C4)C3. The molecule has 2 heteroatoms. The van der Waals surface area contributed by atoms with E-state index in [9.17, 15) is 0 Å². The van der Waals surface area contributed by atoms with Gasteiger partial charge in [-0.05, 0) is 136 Å². The van der Waals surface area contributed by atoms with Gasteiger partial charge in [0.15, 0.2) is 0 Å². The summed E-state index contributed by atoms with van der Waals surface area (Å²) in [7, 11) is -1.03. The number of hydrogen-bond donors (Lipinski definition) is 0. The van der Waals surface area contributed by atoms with Crippen LogP contribution in [0.1, 0.15) is 57.3 Å². The van der Waals surface area contributed by atoms with Crippen LogP contribution in [-0.4, -0.2) is 0 Å². The van der Waals surface area contributed by atoms with Crippen LogP contribution in [0.25, 0.3) is 68.1 Å². The van der Waals surface area contributed by atoms with Crippen LogP contribution in [-0.2, 0) is 24.6 Å². The lowest BCUT2D eigenvalue weighted by atomic mass is 9.86. The van der Waals surface area contributed by atoms with E-state index in [4.69, 9.17) is 0 Å². The molecule has 0 bridgehead atoms. The van der Waals surface area contributed by atoms with Gasteiger partial charge in [-0.1, -0.05) is 186 Å². The van der Waals surface area contributed by atoms with E-state index in [1.54, 1.807) is 10.6 Å². The van der Waals surface area contributed by atoms with Crippen LogP contribution in [0.4, 0.5) is 0 Å². The van der Waals surface area contributed by atoms with Gasteiger partial charge in [0.2, 0.25) is 0 Å². The van der Waals surface area contributed by atoms with E-state index in [2.05, 4.69) is 170 Å². The number of hydrogen-bond acceptors (Lipinski definition) is 0. The first-order valence-corrected chi connectivity index (χ1v) is 22.8. The van der Waals surface area contributed by atoms with Gasteiger partial charge in [0.25, 0.3) is 0 Å². The van der Waals surface area contributed by atoms with Crippen molar-refractivity contribution >= 4 is 72.3 Å². The molecule has 2 aliphatic heterocycles. The molecule has 0 fully saturated rings. The van der Waals surface area contributed by atoms with Crippen LogP contribution in [0.3, 0.4) is 0 Å². The van der Waals surface area contributed by atoms with Gasteiger partial charge in [0, 0.05) is 0 Å². The molecule has 0 N–H and O–H groups in total. The molecule has 0 aromatic heterocycles. The Labute approximate surface area is 320 Å². The first kappa shape index (κ1) is 32.3. The second-order valence-electron chi connectivity index (χ2n) is 15.1. The lowest BCUT2D eigenvalue weighted by Crippen LogP contribution is -2.23. The predicted octanol–water partition coefficient (Wildman–Crippen LogP) is 13.8. The zero-order valence-corrected chi connectivity index (χ0v) is 32.1. The molecule has 0 spiro atoms. The fourth-order valence-electron chi connectivity index (χ4n) is 9.55. The molecular formula is C52H40P2. The molecule has 0 saturated carbocycles. The fourth-order valence-corrected chi connectivity index (χ4v) is 15.4.